The molecule has 1 fully saturated rings. The average molecular weight is 333 g/mol. The summed E-state index contributed by atoms with van der Waals surface area (Å²) in [5.74, 6) is 0.392. The molecule has 1 aromatic rings. The number of hydrogen-bond acceptors (Lipinski definition) is 4. The van der Waals surface area contributed by atoms with Gasteiger partial charge in [-0.3, -0.25) is 4.90 Å². The van der Waals surface area contributed by atoms with E-state index in [0.29, 0.717) is 5.75 Å². The molecule has 4 heteroatoms. The number of benzene rings is 1. The fourth-order valence-corrected chi connectivity index (χ4v) is 2.99. The van der Waals surface area contributed by atoms with Crippen LogP contribution in [0.5, 0.6) is 5.75 Å². The molecule has 2 rings (SSSR count). The molecular formula is C20H31NO3. The van der Waals surface area contributed by atoms with E-state index in [1.807, 2.05) is 31.2 Å². The molecule has 0 aromatic heterocycles. The second-order valence-electron chi connectivity index (χ2n) is 7.72. The Hall–Kier alpha value is -1.55. The van der Waals surface area contributed by atoms with Gasteiger partial charge < -0.3 is 9.47 Å². The van der Waals surface area contributed by atoms with Crippen molar-refractivity contribution in [1.29, 1.82) is 0 Å². The minimum Gasteiger partial charge on any atom is -0.482 e. The lowest BCUT2D eigenvalue weighted by atomic mass is 9.87. The normalized spacial score (nSPS) is 17.3. The van der Waals surface area contributed by atoms with Gasteiger partial charge in [0.1, 0.15) is 11.9 Å². The van der Waals surface area contributed by atoms with Gasteiger partial charge in [-0.15, -0.1) is 0 Å². The second kappa shape index (κ2) is 8.52. The monoisotopic (exact) mass is 333 g/mol. The first-order valence-corrected chi connectivity index (χ1v) is 9.00. The van der Waals surface area contributed by atoms with Gasteiger partial charge in [0, 0.05) is 6.54 Å². The Labute approximate surface area is 146 Å². The highest BCUT2D eigenvalue weighted by molar-refractivity contribution is 5.71. The van der Waals surface area contributed by atoms with Gasteiger partial charge in [0.05, 0.1) is 0 Å². The van der Waals surface area contributed by atoms with Gasteiger partial charge in [0.15, 0.2) is 6.61 Å². The van der Waals surface area contributed by atoms with E-state index in [4.69, 9.17) is 9.47 Å². The average Bonchev–Trinajstić information content (AvgIpc) is 2.53. The standard InChI is InChI=1S/C20H31NO3/c1-16(14-21-12-6-5-7-13-21)24-19(22)15-23-18-10-8-17(9-11-18)20(2,3)4/h8-11,16H,5-7,12-15H2,1-4H3. The van der Waals surface area contributed by atoms with E-state index in [9.17, 15) is 4.79 Å². The molecule has 24 heavy (non-hydrogen) atoms. The van der Waals surface area contributed by atoms with Gasteiger partial charge in [-0.25, -0.2) is 4.79 Å². The minimum atomic E-state index is -0.306. The maximum atomic E-state index is 11.9. The van der Waals surface area contributed by atoms with Crippen molar-refractivity contribution in [1.82, 2.24) is 4.90 Å². The molecule has 0 radical (unpaired) electrons. The summed E-state index contributed by atoms with van der Waals surface area (Å²) in [4.78, 5) is 14.3. The van der Waals surface area contributed by atoms with Gasteiger partial charge in [-0.05, 0) is 56.0 Å². The minimum absolute atomic E-state index is 0.0425. The first-order chi connectivity index (χ1) is 11.3. The summed E-state index contributed by atoms with van der Waals surface area (Å²) >= 11 is 0. The number of carbonyl (C=O) groups excluding carboxylic acids is 1. The number of piperidine rings is 1. The number of likely N-dealkylation sites (tertiary alicyclic amines) is 1. The van der Waals surface area contributed by atoms with Crippen molar-refractivity contribution in [3.8, 4) is 5.75 Å². The van der Waals surface area contributed by atoms with E-state index in [2.05, 4.69) is 25.7 Å². The quantitative estimate of drug-likeness (QED) is 0.743. The van der Waals surface area contributed by atoms with Crippen molar-refractivity contribution in [2.45, 2.75) is 58.5 Å². The molecule has 0 aliphatic carbocycles. The molecule has 0 N–H and O–H groups in total. The van der Waals surface area contributed by atoms with Crippen LogP contribution in [0.4, 0.5) is 0 Å². The van der Waals surface area contributed by atoms with Crippen LogP contribution < -0.4 is 4.74 Å². The second-order valence-corrected chi connectivity index (χ2v) is 7.72. The van der Waals surface area contributed by atoms with Gasteiger partial charge in [-0.2, -0.15) is 0 Å². The maximum absolute atomic E-state index is 11.9. The summed E-state index contributed by atoms with van der Waals surface area (Å²) in [6.07, 6.45) is 3.71. The number of nitrogens with zero attached hydrogens (tertiary/aromatic N) is 1. The molecule has 134 valence electrons. The first kappa shape index (κ1) is 18.8. The van der Waals surface area contributed by atoms with Gasteiger partial charge in [0.25, 0.3) is 0 Å². The van der Waals surface area contributed by atoms with Crippen molar-refractivity contribution in [3.05, 3.63) is 29.8 Å². The van der Waals surface area contributed by atoms with E-state index < -0.39 is 0 Å². The van der Waals surface area contributed by atoms with Crippen LogP contribution in [0.3, 0.4) is 0 Å². The van der Waals surface area contributed by atoms with E-state index >= 15 is 0 Å². The summed E-state index contributed by atoms with van der Waals surface area (Å²) in [6, 6.07) is 7.90. The zero-order valence-electron chi connectivity index (χ0n) is 15.5. The molecule has 1 unspecified atom stereocenters. The van der Waals surface area contributed by atoms with E-state index in [1.165, 1.54) is 24.8 Å². The fraction of sp³-hybridized carbons (Fsp3) is 0.650. The largest absolute Gasteiger partial charge is 0.482 e. The van der Waals surface area contributed by atoms with E-state index in [0.717, 1.165) is 19.6 Å². The van der Waals surface area contributed by atoms with E-state index in [-0.39, 0.29) is 24.1 Å². The van der Waals surface area contributed by atoms with Crippen LogP contribution in [0.15, 0.2) is 24.3 Å². The number of ether oxygens (including phenoxy) is 2. The zero-order valence-corrected chi connectivity index (χ0v) is 15.5. The Kier molecular flexibility index (Phi) is 6.67. The van der Waals surface area contributed by atoms with Crippen LogP contribution >= 0.6 is 0 Å². The maximum Gasteiger partial charge on any atom is 0.344 e. The Bertz CT molecular complexity index is 513. The molecular weight excluding hydrogens is 302 g/mol. The molecule has 0 amide bonds. The SMILES string of the molecule is CC(CN1CCCCC1)OC(=O)COc1ccc(C(C)(C)C)cc1. The van der Waals surface area contributed by atoms with Crippen molar-refractivity contribution in [2.75, 3.05) is 26.2 Å². The van der Waals surface area contributed by atoms with Crippen LogP contribution in [0, 0.1) is 0 Å². The predicted molar refractivity (Wildman–Crippen MR) is 96.5 cm³/mol. The molecule has 1 saturated heterocycles. The van der Waals surface area contributed by atoms with Crippen molar-refractivity contribution in [3.63, 3.8) is 0 Å². The Morgan fingerprint density at radius 3 is 2.33 bits per heavy atom. The fourth-order valence-electron chi connectivity index (χ4n) is 2.99. The summed E-state index contributed by atoms with van der Waals surface area (Å²) in [7, 11) is 0. The van der Waals surface area contributed by atoms with Gasteiger partial charge in [0.2, 0.25) is 0 Å². The molecule has 0 bridgehead atoms. The molecule has 0 saturated carbocycles. The highest BCUT2D eigenvalue weighted by Crippen LogP contribution is 2.24. The summed E-state index contributed by atoms with van der Waals surface area (Å²) in [5.41, 5.74) is 1.36. The van der Waals surface area contributed by atoms with Crippen LogP contribution in [-0.4, -0.2) is 43.2 Å². The van der Waals surface area contributed by atoms with Crippen molar-refractivity contribution in [2.24, 2.45) is 0 Å². The van der Waals surface area contributed by atoms with Crippen molar-refractivity contribution < 1.29 is 14.3 Å². The lowest BCUT2D eigenvalue weighted by Gasteiger charge is -2.28. The van der Waals surface area contributed by atoms with E-state index in [1.54, 1.807) is 0 Å². The highest BCUT2D eigenvalue weighted by Gasteiger charge is 2.17. The van der Waals surface area contributed by atoms with Crippen molar-refractivity contribution >= 4 is 5.97 Å². The summed E-state index contributed by atoms with van der Waals surface area (Å²) < 4.78 is 11.0. The predicted octanol–water partition coefficient (Wildman–Crippen LogP) is 3.78. The molecule has 1 heterocycles. The number of carbonyl (C=O) groups is 1. The van der Waals surface area contributed by atoms with Gasteiger partial charge >= 0.3 is 5.97 Å². The van der Waals surface area contributed by atoms with Crippen LogP contribution in [0.2, 0.25) is 0 Å². The van der Waals surface area contributed by atoms with Crippen LogP contribution in [0.25, 0.3) is 0 Å². The molecule has 0 spiro atoms. The third-order valence-electron chi connectivity index (χ3n) is 4.37. The molecule has 1 aliphatic heterocycles. The molecule has 4 nitrogen and oxygen atoms in total. The number of esters is 1. The number of rotatable bonds is 6. The number of hydrogen-bond donors (Lipinski definition) is 0. The smallest absolute Gasteiger partial charge is 0.344 e. The third kappa shape index (κ3) is 6.16. The van der Waals surface area contributed by atoms with Gasteiger partial charge in [-0.1, -0.05) is 39.3 Å². The highest BCUT2D eigenvalue weighted by atomic mass is 16.6. The van der Waals surface area contributed by atoms with Crippen LogP contribution in [-0.2, 0) is 14.9 Å². The Morgan fingerprint density at radius 2 is 1.75 bits per heavy atom. The molecule has 1 atom stereocenters. The summed E-state index contributed by atoms with van der Waals surface area (Å²) in [6.45, 7) is 11.4. The Balaban J connectivity index is 1.72. The first-order valence-electron chi connectivity index (χ1n) is 9.00. The third-order valence-corrected chi connectivity index (χ3v) is 4.37. The zero-order chi connectivity index (χ0) is 17.6. The summed E-state index contributed by atoms with van der Waals surface area (Å²) in [5, 5.41) is 0. The molecule has 1 aliphatic rings. The van der Waals surface area contributed by atoms with Crippen LogP contribution in [0.1, 0.15) is 52.5 Å². The molecule has 1 aromatic carbocycles. The Morgan fingerprint density at radius 1 is 1.12 bits per heavy atom. The lowest BCUT2D eigenvalue weighted by Crippen LogP contribution is -2.37. The lowest BCUT2D eigenvalue weighted by molar-refractivity contribution is -0.151. The topological polar surface area (TPSA) is 38.8 Å².